The molecular weight excluding hydrogens is 122 g/mol. The van der Waals surface area contributed by atoms with Gasteiger partial charge in [0.2, 0.25) is 6.54 Å². The Morgan fingerprint density at radius 1 is 2.00 bits per heavy atom. The van der Waals surface area contributed by atoms with Gasteiger partial charge in [-0.15, -0.1) is 0 Å². The zero-order chi connectivity index (χ0) is 6.85. The molecule has 1 aliphatic rings. The molecule has 9 heavy (non-hydrogen) atoms. The molecule has 1 rings (SSSR count). The molecule has 4 heteroatoms. The molecule has 50 valence electrons. The minimum Gasteiger partial charge on any atom is -0.368 e. The van der Waals surface area contributed by atoms with Gasteiger partial charge in [-0.1, -0.05) is 6.58 Å². The summed E-state index contributed by atoms with van der Waals surface area (Å²) in [4.78, 5) is 9.43. The molecule has 1 saturated heterocycles. The fourth-order valence-corrected chi connectivity index (χ4v) is 0.551. The summed E-state index contributed by atoms with van der Waals surface area (Å²) in [5.74, 6) is 0. The summed E-state index contributed by atoms with van der Waals surface area (Å²) in [7, 11) is 0. The molecule has 0 bridgehead atoms. The molecular formula is C5H7NO3. The van der Waals surface area contributed by atoms with Gasteiger partial charge >= 0.3 is 0 Å². The predicted octanol–water partition coefficient (Wildman–Crippen LogP) is 0.218. The highest BCUT2D eigenvalue weighted by atomic mass is 16.6. The Morgan fingerprint density at radius 3 is 2.89 bits per heavy atom. The molecule has 1 aliphatic heterocycles. The Hall–Kier alpha value is -0.900. The maximum absolute atomic E-state index is 9.83. The van der Waals surface area contributed by atoms with Crippen LogP contribution in [-0.4, -0.2) is 24.2 Å². The first-order valence-electron chi connectivity index (χ1n) is 2.61. The van der Waals surface area contributed by atoms with Gasteiger partial charge in [0.1, 0.15) is 6.10 Å². The lowest BCUT2D eigenvalue weighted by molar-refractivity contribution is -0.471. The first kappa shape index (κ1) is 6.22. The van der Waals surface area contributed by atoms with Crippen molar-refractivity contribution in [2.24, 2.45) is 0 Å². The van der Waals surface area contributed by atoms with Crippen LogP contribution >= 0.6 is 0 Å². The van der Waals surface area contributed by atoms with E-state index in [4.69, 9.17) is 4.74 Å². The zero-order valence-electron chi connectivity index (χ0n) is 4.87. The number of nitro groups is 1. The van der Waals surface area contributed by atoms with Gasteiger partial charge in [0.15, 0.2) is 0 Å². The van der Waals surface area contributed by atoms with Crippen LogP contribution in [0.25, 0.3) is 0 Å². The van der Waals surface area contributed by atoms with E-state index >= 15 is 0 Å². The van der Waals surface area contributed by atoms with Crippen molar-refractivity contribution in [2.75, 3.05) is 13.2 Å². The highest BCUT2D eigenvalue weighted by Gasteiger charge is 2.28. The predicted molar refractivity (Wildman–Crippen MR) is 30.7 cm³/mol. The van der Waals surface area contributed by atoms with Crippen molar-refractivity contribution in [1.82, 2.24) is 0 Å². The Morgan fingerprint density at radius 2 is 2.56 bits per heavy atom. The summed E-state index contributed by atoms with van der Waals surface area (Å²) in [5, 5.41) is 9.83. The molecule has 0 aromatic heterocycles. The molecule has 0 amide bonds. The topological polar surface area (TPSA) is 55.7 Å². The molecule has 4 nitrogen and oxygen atoms in total. The molecule has 0 saturated carbocycles. The summed E-state index contributed by atoms with van der Waals surface area (Å²) >= 11 is 0. The van der Waals surface area contributed by atoms with Crippen molar-refractivity contribution in [1.29, 1.82) is 0 Å². The monoisotopic (exact) mass is 129 g/mol. The molecule has 1 fully saturated rings. The van der Waals surface area contributed by atoms with Crippen molar-refractivity contribution < 1.29 is 9.66 Å². The van der Waals surface area contributed by atoms with Gasteiger partial charge in [-0.05, 0) is 0 Å². The van der Waals surface area contributed by atoms with E-state index in [0.717, 1.165) is 0 Å². The van der Waals surface area contributed by atoms with Crippen LogP contribution in [0, 0.1) is 10.1 Å². The van der Waals surface area contributed by atoms with E-state index in [1.165, 1.54) is 0 Å². The van der Waals surface area contributed by atoms with Gasteiger partial charge in [0, 0.05) is 10.5 Å². The lowest BCUT2D eigenvalue weighted by Crippen LogP contribution is -2.06. The average molecular weight is 129 g/mol. The fraction of sp³-hybridized carbons (Fsp3) is 0.600. The second-order valence-electron chi connectivity index (χ2n) is 1.97. The largest absolute Gasteiger partial charge is 0.368 e. The molecule has 0 radical (unpaired) electrons. The normalized spacial score (nSPS) is 23.3. The summed E-state index contributed by atoms with van der Waals surface area (Å²) in [6.07, 6.45) is -0.0320. The molecule has 0 aromatic rings. The minimum absolute atomic E-state index is 0.0320. The highest BCUT2D eigenvalue weighted by Crippen LogP contribution is 2.17. The van der Waals surface area contributed by atoms with E-state index in [1.54, 1.807) is 0 Å². The van der Waals surface area contributed by atoms with Gasteiger partial charge in [-0.25, -0.2) is 0 Å². The average Bonchev–Trinajstić information content (AvgIpc) is 2.40. The Balaban J connectivity index is 2.26. The van der Waals surface area contributed by atoms with Gasteiger partial charge < -0.3 is 4.74 Å². The number of hydrogen-bond donors (Lipinski definition) is 0. The van der Waals surface area contributed by atoms with Crippen LogP contribution in [0.2, 0.25) is 0 Å². The first-order chi connectivity index (χ1) is 4.20. The third-order valence-electron chi connectivity index (χ3n) is 1.12. The maximum atomic E-state index is 9.83. The van der Waals surface area contributed by atoms with Gasteiger partial charge in [0.05, 0.1) is 6.61 Å². The zero-order valence-corrected chi connectivity index (χ0v) is 4.87. The Labute approximate surface area is 52.3 Å². The van der Waals surface area contributed by atoms with E-state index in [9.17, 15) is 10.1 Å². The standard InChI is InChI=1S/C5H7NO3/c1-4(2-6(7)8)5-3-9-5/h5H,1-3H2. The summed E-state index contributed by atoms with van der Waals surface area (Å²) in [6.45, 7) is 3.93. The van der Waals surface area contributed by atoms with E-state index in [2.05, 4.69) is 6.58 Å². The molecule has 0 aromatic carbocycles. The third kappa shape index (κ3) is 1.81. The quantitative estimate of drug-likeness (QED) is 0.237. The van der Waals surface area contributed by atoms with Crippen molar-refractivity contribution in [3.8, 4) is 0 Å². The van der Waals surface area contributed by atoms with Crippen LogP contribution in [0.15, 0.2) is 12.2 Å². The van der Waals surface area contributed by atoms with Crippen molar-refractivity contribution in [3.05, 3.63) is 22.3 Å². The van der Waals surface area contributed by atoms with E-state index in [0.29, 0.717) is 12.2 Å². The summed E-state index contributed by atoms with van der Waals surface area (Å²) in [6, 6.07) is 0. The number of nitrogens with zero attached hydrogens (tertiary/aromatic N) is 1. The Bertz CT molecular complexity index is 150. The van der Waals surface area contributed by atoms with Gasteiger partial charge in [0.25, 0.3) is 0 Å². The number of ether oxygens (including phenoxy) is 1. The van der Waals surface area contributed by atoms with Crippen molar-refractivity contribution in [2.45, 2.75) is 6.10 Å². The molecule has 1 atom stereocenters. The lowest BCUT2D eigenvalue weighted by Gasteiger charge is -1.91. The van der Waals surface area contributed by atoms with Crippen molar-refractivity contribution >= 4 is 0 Å². The van der Waals surface area contributed by atoms with E-state index < -0.39 is 4.92 Å². The molecule has 1 heterocycles. The van der Waals surface area contributed by atoms with Crippen LogP contribution in [0.5, 0.6) is 0 Å². The van der Waals surface area contributed by atoms with Crippen LogP contribution in [-0.2, 0) is 4.74 Å². The summed E-state index contributed by atoms with van der Waals surface area (Å²) in [5.41, 5.74) is 0.569. The summed E-state index contributed by atoms with van der Waals surface area (Å²) < 4.78 is 4.77. The van der Waals surface area contributed by atoms with E-state index in [1.807, 2.05) is 0 Å². The van der Waals surface area contributed by atoms with E-state index in [-0.39, 0.29) is 12.6 Å². The molecule has 0 N–H and O–H groups in total. The number of hydrogen-bond acceptors (Lipinski definition) is 3. The molecule has 0 aliphatic carbocycles. The lowest BCUT2D eigenvalue weighted by atomic mass is 10.2. The molecule has 0 spiro atoms. The highest BCUT2D eigenvalue weighted by molar-refractivity contribution is 5.07. The van der Waals surface area contributed by atoms with Crippen LogP contribution < -0.4 is 0 Å². The SMILES string of the molecule is C=C(C[N+](=O)[O-])C1CO1. The number of rotatable bonds is 3. The number of epoxide rings is 1. The minimum atomic E-state index is -0.399. The third-order valence-corrected chi connectivity index (χ3v) is 1.12. The van der Waals surface area contributed by atoms with Crippen LogP contribution in [0.3, 0.4) is 0 Å². The fourth-order valence-electron chi connectivity index (χ4n) is 0.551. The Kier molecular flexibility index (Phi) is 1.48. The smallest absolute Gasteiger partial charge is 0.227 e. The molecule has 1 unspecified atom stereocenters. The van der Waals surface area contributed by atoms with Crippen LogP contribution in [0.1, 0.15) is 0 Å². The van der Waals surface area contributed by atoms with Crippen molar-refractivity contribution in [3.63, 3.8) is 0 Å². The maximum Gasteiger partial charge on any atom is 0.227 e. The second-order valence-corrected chi connectivity index (χ2v) is 1.97. The van der Waals surface area contributed by atoms with Crippen LogP contribution in [0.4, 0.5) is 0 Å². The first-order valence-corrected chi connectivity index (χ1v) is 2.61. The second kappa shape index (κ2) is 2.14. The van der Waals surface area contributed by atoms with Gasteiger partial charge in [-0.2, -0.15) is 0 Å². The van der Waals surface area contributed by atoms with Gasteiger partial charge in [-0.3, -0.25) is 10.1 Å².